The highest BCUT2D eigenvalue weighted by molar-refractivity contribution is 7.22. The van der Waals surface area contributed by atoms with E-state index in [2.05, 4.69) is 40.7 Å². The smallest absolute Gasteiger partial charge is 0.319 e. The summed E-state index contributed by atoms with van der Waals surface area (Å²) < 4.78 is 23.4. The number of likely N-dealkylation sites (tertiary alicyclic amines) is 1. The van der Waals surface area contributed by atoms with Gasteiger partial charge in [0.1, 0.15) is 11.3 Å². The molecule has 1 aliphatic heterocycles. The highest BCUT2D eigenvalue weighted by Crippen LogP contribution is 2.42. The zero-order valence-corrected chi connectivity index (χ0v) is 23.0. The molecule has 1 saturated heterocycles. The van der Waals surface area contributed by atoms with Gasteiger partial charge in [0.25, 0.3) is 0 Å². The Kier molecular flexibility index (Phi) is 7.65. The summed E-state index contributed by atoms with van der Waals surface area (Å²) >= 11 is 8.14. The Balaban J connectivity index is 1.67. The van der Waals surface area contributed by atoms with Gasteiger partial charge in [0.2, 0.25) is 0 Å². The summed E-state index contributed by atoms with van der Waals surface area (Å²) in [5, 5.41) is 1.28. The monoisotopic (exact) mass is 542 g/mol. The molecule has 2 aromatic carbocycles. The molecule has 37 heavy (non-hydrogen) atoms. The molecule has 7 nitrogen and oxygen atoms in total. The molecule has 0 bridgehead atoms. The highest BCUT2D eigenvalue weighted by Gasteiger charge is 2.25. The fraction of sp³-hybridized carbons (Fsp3) is 0.444. The predicted molar refractivity (Wildman–Crippen MR) is 151 cm³/mol. The van der Waals surface area contributed by atoms with E-state index >= 15 is 4.39 Å². The van der Waals surface area contributed by atoms with Gasteiger partial charge in [-0.1, -0.05) is 48.9 Å². The largest absolute Gasteiger partial charge is 0.463 e. The van der Waals surface area contributed by atoms with Crippen molar-refractivity contribution < 1.29 is 9.13 Å². The Labute approximate surface area is 225 Å². The molecular weight excluding hydrogens is 511 g/mol. The number of anilines is 2. The minimum absolute atomic E-state index is 0.192. The third kappa shape index (κ3) is 5.17. The first kappa shape index (κ1) is 25.9. The molecule has 1 atom stereocenters. The summed E-state index contributed by atoms with van der Waals surface area (Å²) in [7, 11) is 2.11. The molecule has 10 heteroatoms. The molecule has 3 heterocycles. The number of nitrogens with zero attached hydrogens (tertiary/aromatic N) is 5. The van der Waals surface area contributed by atoms with Crippen LogP contribution in [0.15, 0.2) is 24.3 Å². The topological polar surface area (TPSA) is 80.4 Å². The lowest BCUT2D eigenvalue weighted by atomic mass is 10.0. The van der Waals surface area contributed by atoms with Crippen LogP contribution in [0.25, 0.3) is 32.2 Å². The number of benzene rings is 2. The first-order valence-electron chi connectivity index (χ1n) is 12.8. The van der Waals surface area contributed by atoms with Crippen molar-refractivity contribution in [1.82, 2.24) is 19.9 Å². The molecule has 2 aromatic heterocycles. The summed E-state index contributed by atoms with van der Waals surface area (Å²) in [6.45, 7) is 8.31. The van der Waals surface area contributed by atoms with Crippen LogP contribution in [0.1, 0.15) is 33.1 Å². The van der Waals surface area contributed by atoms with Crippen molar-refractivity contribution in [3.05, 3.63) is 35.1 Å². The van der Waals surface area contributed by atoms with Gasteiger partial charge in [-0.15, -0.1) is 0 Å². The van der Waals surface area contributed by atoms with Gasteiger partial charge < -0.3 is 20.3 Å². The van der Waals surface area contributed by atoms with Gasteiger partial charge in [-0.3, -0.25) is 0 Å². The molecule has 0 aliphatic carbocycles. The lowest BCUT2D eigenvalue weighted by Crippen LogP contribution is -2.27. The Morgan fingerprint density at radius 2 is 1.97 bits per heavy atom. The van der Waals surface area contributed by atoms with Crippen LogP contribution in [0.4, 0.5) is 15.3 Å². The van der Waals surface area contributed by atoms with Gasteiger partial charge in [-0.2, -0.15) is 9.97 Å². The number of para-hydroxylation sites is 1. The minimum Gasteiger partial charge on any atom is -0.463 e. The van der Waals surface area contributed by atoms with Crippen LogP contribution in [0, 0.1) is 11.7 Å². The van der Waals surface area contributed by atoms with Crippen molar-refractivity contribution in [2.45, 2.75) is 33.1 Å². The summed E-state index contributed by atoms with van der Waals surface area (Å²) in [6.07, 6.45) is 2.92. The molecule has 4 aromatic rings. The van der Waals surface area contributed by atoms with E-state index in [1.807, 2.05) is 18.2 Å². The van der Waals surface area contributed by atoms with E-state index in [1.165, 1.54) is 11.3 Å². The Hall–Kier alpha value is -2.75. The van der Waals surface area contributed by atoms with E-state index in [4.69, 9.17) is 27.1 Å². The van der Waals surface area contributed by atoms with E-state index in [0.717, 1.165) is 50.1 Å². The maximum absolute atomic E-state index is 16.4. The van der Waals surface area contributed by atoms with E-state index in [-0.39, 0.29) is 22.1 Å². The SMILES string of the molecule is CCCN(CCC)c1nc(OC[C@@H]2CCN(C)C2)nc2c(F)c(-c3cccc4sc(N)nc34)c(Cl)cc12. The molecule has 2 N–H and O–H groups in total. The second kappa shape index (κ2) is 10.9. The number of rotatable bonds is 9. The standard InChI is InChI=1S/C27H32ClFN6OS/c1-4-10-35(11-5-2)25-18-13-19(28)21(17-7-6-8-20-23(17)31-26(30)37-20)22(29)24(18)32-27(33-25)36-15-16-9-12-34(3)14-16/h6-8,13,16H,4-5,9-12,14-15H2,1-3H3,(H2,30,31)/t16-/m1/s1. The lowest BCUT2D eigenvalue weighted by Gasteiger charge is -2.25. The van der Waals surface area contributed by atoms with E-state index < -0.39 is 5.82 Å². The number of nitrogens with two attached hydrogens (primary N) is 1. The molecule has 1 aliphatic rings. The molecule has 0 radical (unpaired) electrons. The van der Waals surface area contributed by atoms with Gasteiger partial charge in [0.05, 0.1) is 21.8 Å². The molecule has 1 fully saturated rings. The molecule has 196 valence electrons. The number of hydrogen-bond donors (Lipinski definition) is 1. The van der Waals surface area contributed by atoms with Crippen molar-refractivity contribution in [3.8, 4) is 17.1 Å². The van der Waals surface area contributed by atoms with Crippen LogP contribution < -0.4 is 15.4 Å². The number of halogens is 2. The molecule has 5 rings (SSSR count). The van der Waals surface area contributed by atoms with Gasteiger partial charge in [-0.25, -0.2) is 9.37 Å². The average molecular weight is 543 g/mol. The van der Waals surface area contributed by atoms with E-state index in [0.29, 0.717) is 39.9 Å². The quantitative estimate of drug-likeness (QED) is 0.268. The summed E-state index contributed by atoms with van der Waals surface area (Å²) in [6, 6.07) is 7.55. The second-order valence-corrected chi connectivity index (χ2v) is 11.2. The van der Waals surface area contributed by atoms with Gasteiger partial charge >= 0.3 is 6.01 Å². The normalized spacial score (nSPS) is 16.2. The fourth-order valence-corrected chi connectivity index (χ4v) is 6.15. The average Bonchev–Trinajstić information content (AvgIpc) is 3.47. The van der Waals surface area contributed by atoms with Crippen LogP contribution in [-0.2, 0) is 0 Å². The Morgan fingerprint density at radius 3 is 2.68 bits per heavy atom. The van der Waals surface area contributed by atoms with E-state index in [9.17, 15) is 0 Å². The number of ether oxygens (including phenoxy) is 1. The van der Waals surface area contributed by atoms with Crippen molar-refractivity contribution in [1.29, 1.82) is 0 Å². The number of hydrogen-bond acceptors (Lipinski definition) is 8. The number of nitrogen functional groups attached to an aromatic ring is 1. The maximum Gasteiger partial charge on any atom is 0.319 e. The maximum atomic E-state index is 16.4. The number of fused-ring (bicyclic) bond motifs is 2. The van der Waals surface area contributed by atoms with Gasteiger partial charge in [0, 0.05) is 42.1 Å². The van der Waals surface area contributed by atoms with Crippen molar-refractivity contribution in [3.63, 3.8) is 0 Å². The zero-order chi connectivity index (χ0) is 26.1. The third-order valence-corrected chi connectivity index (χ3v) is 7.92. The summed E-state index contributed by atoms with van der Waals surface area (Å²) in [4.78, 5) is 18.3. The highest BCUT2D eigenvalue weighted by atomic mass is 35.5. The van der Waals surface area contributed by atoms with Crippen LogP contribution >= 0.6 is 22.9 Å². The lowest BCUT2D eigenvalue weighted by molar-refractivity contribution is 0.233. The van der Waals surface area contributed by atoms with Crippen molar-refractivity contribution in [2.24, 2.45) is 5.92 Å². The minimum atomic E-state index is -0.511. The summed E-state index contributed by atoms with van der Waals surface area (Å²) in [5.74, 6) is 0.535. The first-order chi connectivity index (χ1) is 17.9. The molecule has 0 saturated carbocycles. The second-order valence-electron chi connectivity index (χ2n) is 9.69. The van der Waals surface area contributed by atoms with Gasteiger partial charge in [0.15, 0.2) is 10.9 Å². The summed E-state index contributed by atoms with van der Waals surface area (Å²) in [5.41, 5.74) is 7.63. The van der Waals surface area contributed by atoms with Crippen LogP contribution in [-0.4, -0.2) is 59.7 Å². The predicted octanol–water partition coefficient (Wildman–Crippen LogP) is 6.24. The number of thiazole rings is 1. The van der Waals surface area contributed by atoms with Crippen LogP contribution in [0.5, 0.6) is 6.01 Å². The fourth-order valence-electron chi connectivity index (χ4n) is 5.10. The van der Waals surface area contributed by atoms with E-state index in [1.54, 1.807) is 6.07 Å². The third-order valence-electron chi connectivity index (χ3n) is 6.77. The number of aromatic nitrogens is 3. The Bertz CT molecular complexity index is 1420. The van der Waals surface area contributed by atoms with Crippen molar-refractivity contribution >= 4 is 55.0 Å². The molecule has 0 spiro atoms. The van der Waals surface area contributed by atoms with Gasteiger partial charge in [-0.05, 0) is 45.0 Å². The van der Waals surface area contributed by atoms with Crippen LogP contribution in [0.3, 0.4) is 0 Å². The molecular formula is C27H32ClFN6OS. The molecule has 0 unspecified atom stereocenters. The van der Waals surface area contributed by atoms with Crippen molar-refractivity contribution in [2.75, 3.05) is 50.5 Å². The van der Waals surface area contributed by atoms with Crippen LogP contribution in [0.2, 0.25) is 5.02 Å². The first-order valence-corrected chi connectivity index (χ1v) is 14.0. The molecule has 0 amide bonds. The zero-order valence-electron chi connectivity index (χ0n) is 21.4. The Morgan fingerprint density at radius 1 is 1.19 bits per heavy atom.